The fourth-order valence-electron chi connectivity index (χ4n) is 3.61. The van der Waals surface area contributed by atoms with Gasteiger partial charge in [-0.2, -0.15) is 0 Å². The van der Waals surface area contributed by atoms with E-state index in [1.54, 1.807) is 12.1 Å². The third-order valence-corrected chi connectivity index (χ3v) is 5.38. The maximum absolute atomic E-state index is 12.8. The molecule has 1 heterocycles. The zero-order chi connectivity index (χ0) is 19.4. The third kappa shape index (κ3) is 3.87. The minimum atomic E-state index is -0.276. The predicted molar refractivity (Wildman–Crippen MR) is 106 cm³/mol. The molecule has 0 aromatic heterocycles. The summed E-state index contributed by atoms with van der Waals surface area (Å²) in [7, 11) is 0. The fraction of sp³-hybridized carbons (Fsp3) is 0.409. The summed E-state index contributed by atoms with van der Waals surface area (Å²) >= 11 is 0. The summed E-state index contributed by atoms with van der Waals surface area (Å²) in [5.74, 6) is -0.0824. The standard InChI is InChI=1S/C22H26N2O3/c1-3-15(4-2)14-23-19(25)12-7-13-24-21(26)17-10-5-8-16-9-6-11-18(20(16)17)22(24)27/h5-6,8-11,15H,3-4,7,12-14H2,1-2H3,(H,23,25). The molecule has 2 aromatic rings. The van der Waals surface area contributed by atoms with Crippen LogP contribution in [0.5, 0.6) is 0 Å². The summed E-state index contributed by atoms with van der Waals surface area (Å²) in [5, 5.41) is 4.58. The molecule has 0 saturated heterocycles. The Morgan fingerprint density at radius 3 is 2.15 bits per heavy atom. The van der Waals surface area contributed by atoms with Crippen LogP contribution in [0.1, 0.15) is 60.2 Å². The number of carbonyl (C=O) groups excluding carboxylic acids is 3. The van der Waals surface area contributed by atoms with E-state index in [4.69, 9.17) is 0 Å². The van der Waals surface area contributed by atoms with Crippen molar-refractivity contribution in [3.8, 4) is 0 Å². The Morgan fingerprint density at radius 1 is 1.00 bits per heavy atom. The Morgan fingerprint density at radius 2 is 1.59 bits per heavy atom. The van der Waals surface area contributed by atoms with E-state index in [9.17, 15) is 14.4 Å². The molecule has 3 amide bonds. The second-order valence-electron chi connectivity index (χ2n) is 7.06. The number of benzene rings is 2. The van der Waals surface area contributed by atoms with E-state index in [0.29, 0.717) is 36.4 Å². The number of amides is 3. The molecule has 27 heavy (non-hydrogen) atoms. The Balaban J connectivity index is 1.63. The van der Waals surface area contributed by atoms with Crippen molar-refractivity contribution >= 4 is 28.5 Å². The Hall–Kier alpha value is -2.69. The molecule has 5 heteroatoms. The van der Waals surface area contributed by atoms with Crippen molar-refractivity contribution in [1.29, 1.82) is 0 Å². The molecule has 1 aliphatic rings. The first-order chi connectivity index (χ1) is 13.1. The molecule has 1 aliphatic heterocycles. The maximum atomic E-state index is 12.8. The van der Waals surface area contributed by atoms with Gasteiger partial charge in [0.1, 0.15) is 0 Å². The van der Waals surface area contributed by atoms with Crippen molar-refractivity contribution in [3.63, 3.8) is 0 Å². The molecule has 142 valence electrons. The van der Waals surface area contributed by atoms with Crippen LogP contribution in [0, 0.1) is 5.92 Å². The van der Waals surface area contributed by atoms with Crippen LogP contribution in [-0.2, 0) is 4.79 Å². The van der Waals surface area contributed by atoms with Crippen molar-refractivity contribution in [3.05, 3.63) is 47.5 Å². The summed E-state index contributed by atoms with van der Waals surface area (Å²) in [5.41, 5.74) is 1.11. The molecular weight excluding hydrogens is 340 g/mol. The largest absolute Gasteiger partial charge is 0.356 e. The lowest BCUT2D eigenvalue weighted by molar-refractivity contribution is -0.121. The van der Waals surface area contributed by atoms with Crippen LogP contribution in [0.25, 0.3) is 10.8 Å². The Bertz CT molecular complexity index is 820. The van der Waals surface area contributed by atoms with Crippen molar-refractivity contribution in [2.75, 3.05) is 13.1 Å². The SMILES string of the molecule is CCC(CC)CNC(=O)CCCN1C(=O)c2cccc3cccc(c23)C1=O. The van der Waals surface area contributed by atoms with E-state index in [1.165, 1.54) is 4.90 Å². The lowest BCUT2D eigenvalue weighted by Crippen LogP contribution is -2.41. The first-order valence-electron chi connectivity index (χ1n) is 9.71. The van der Waals surface area contributed by atoms with Gasteiger partial charge in [0.05, 0.1) is 0 Å². The summed E-state index contributed by atoms with van der Waals surface area (Å²) in [6.07, 6.45) is 2.85. The normalized spacial score (nSPS) is 13.5. The zero-order valence-corrected chi connectivity index (χ0v) is 16.0. The molecule has 2 aromatic carbocycles. The lowest BCUT2D eigenvalue weighted by atomic mass is 9.94. The molecule has 0 unspecified atom stereocenters. The third-order valence-electron chi connectivity index (χ3n) is 5.38. The van der Waals surface area contributed by atoms with E-state index in [1.807, 2.05) is 24.3 Å². The van der Waals surface area contributed by atoms with Crippen molar-refractivity contribution in [2.45, 2.75) is 39.5 Å². The van der Waals surface area contributed by atoms with Crippen LogP contribution in [0.15, 0.2) is 36.4 Å². The summed E-state index contributed by atoms with van der Waals surface area (Å²) in [4.78, 5) is 38.9. The molecule has 1 N–H and O–H groups in total. The summed E-state index contributed by atoms with van der Waals surface area (Å²) in [6.45, 7) is 5.17. The molecular formula is C22H26N2O3. The molecule has 0 bridgehead atoms. The molecule has 0 fully saturated rings. The van der Waals surface area contributed by atoms with Crippen LogP contribution in [-0.4, -0.2) is 35.7 Å². The lowest BCUT2D eigenvalue weighted by Gasteiger charge is -2.27. The average Bonchev–Trinajstić information content (AvgIpc) is 2.69. The topological polar surface area (TPSA) is 66.5 Å². The predicted octanol–water partition coefficient (Wildman–Crippen LogP) is 3.77. The van der Waals surface area contributed by atoms with Gasteiger partial charge in [0.25, 0.3) is 11.8 Å². The van der Waals surface area contributed by atoms with Crippen LogP contribution in [0.2, 0.25) is 0 Å². The van der Waals surface area contributed by atoms with Gasteiger partial charge in [-0.25, -0.2) is 0 Å². The van der Waals surface area contributed by atoms with Gasteiger partial charge in [0.2, 0.25) is 5.91 Å². The number of nitrogens with one attached hydrogen (secondary N) is 1. The summed E-state index contributed by atoms with van der Waals surface area (Å²) in [6, 6.07) is 11.0. The van der Waals surface area contributed by atoms with Gasteiger partial charge in [-0.15, -0.1) is 0 Å². The van der Waals surface area contributed by atoms with Gasteiger partial charge in [-0.1, -0.05) is 51.0 Å². The van der Waals surface area contributed by atoms with E-state index < -0.39 is 0 Å². The van der Waals surface area contributed by atoms with Crippen LogP contribution in [0.4, 0.5) is 0 Å². The minimum absolute atomic E-state index is 0.0266. The van der Waals surface area contributed by atoms with Crippen molar-refractivity contribution < 1.29 is 14.4 Å². The molecule has 0 spiro atoms. The number of imide groups is 1. The number of carbonyl (C=O) groups is 3. The van der Waals surface area contributed by atoms with Gasteiger partial charge in [-0.05, 0) is 29.9 Å². The van der Waals surface area contributed by atoms with Gasteiger partial charge in [0, 0.05) is 36.0 Å². The van der Waals surface area contributed by atoms with E-state index in [-0.39, 0.29) is 24.3 Å². The highest BCUT2D eigenvalue weighted by Gasteiger charge is 2.32. The zero-order valence-electron chi connectivity index (χ0n) is 16.0. The highest BCUT2D eigenvalue weighted by molar-refractivity contribution is 6.25. The molecule has 0 saturated carbocycles. The number of rotatable bonds is 8. The Labute approximate surface area is 159 Å². The van der Waals surface area contributed by atoms with Gasteiger partial charge >= 0.3 is 0 Å². The molecule has 0 aliphatic carbocycles. The average molecular weight is 366 g/mol. The van der Waals surface area contributed by atoms with Crippen molar-refractivity contribution in [1.82, 2.24) is 10.2 Å². The van der Waals surface area contributed by atoms with Gasteiger partial charge < -0.3 is 5.32 Å². The number of hydrogen-bond acceptors (Lipinski definition) is 3. The van der Waals surface area contributed by atoms with E-state index in [0.717, 1.165) is 23.6 Å². The minimum Gasteiger partial charge on any atom is -0.356 e. The van der Waals surface area contributed by atoms with Gasteiger partial charge in [-0.3, -0.25) is 19.3 Å². The smallest absolute Gasteiger partial charge is 0.261 e. The molecule has 0 radical (unpaired) electrons. The monoisotopic (exact) mass is 366 g/mol. The first-order valence-corrected chi connectivity index (χ1v) is 9.71. The highest BCUT2D eigenvalue weighted by atomic mass is 16.2. The quantitative estimate of drug-likeness (QED) is 0.723. The highest BCUT2D eigenvalue weighted by Crippen LogP contribution is 2.30. The Kier molecular flexibility index (Phi) is 5.89. The van der Waals surface area contributed by atoms with Gasteiger partial charge in [0.15, 0.2) is 0 Å². The summed E-state index contributed by atoms with van der Waals surface area (Å²) < 4.78 is 0. The fourth-order valence-corrected chi connectivity index (χ4v) is 3.61. The second-order valence-corrected chi connectivity index (χ2v) is 7.06. The first kappa shape index (κ1) is 19.1. The van der Waals surface area contributed by atoms with Crippen LogP contribution >= 0.6 is 0 Å². The van der Waals surface area contributed by atoms with Crippen LogP contribution < -0.4 is 5.32 Å². The van der Waals surface area contributed by atoms with Crippen molar-refractivity contribution in [2.24, 2.45) is 5.92 Å². The second kappa shape index (κ2) is 8.33. The molecule has 0 atom stereocenters. The van der Waals surface area contributed by atoms with E-state index in [2.05, 4.69) is 19.2 Å². The van der Waals surface area contributed by atoms with E-state index >= 15 is 0 Å². The molecule has 3 rings (SSSR count). The van der Waals surface area contributed by atoms with Crippen LogP contribution in [0.3, 0.4) is 0 Å². The number of hydrogen-bond donors (Lipinski definition) is 1. The number of nitrogens with zero attached hydrogens (tertiary/aromatic N) is 1. The molecule has 5 nitrogen and oxygen atoms in total. The maximum Gasteiger partial charge on any atom is 0.261 e.